The largest absolute Gasteiger partial charge is 0.377 e. The Morgan fingerprint density at radius 2 is 2.40 bits per heavy atom. The average molecular weight is 233 g/mol. The van der Waals surface area contributed by atoms with Crippen LogP contribution in [0.1, 0.15) is 26.7 Å². The van der Waals surface area contributed by atoms with Crippen LogP contribution in [0.5, 0.6) is 0 Å². The molecule has 0 aromatic rings. The van der Waals surface area contributed by atoms with Gasteiger partial charge in [0.1, 0.15) is 0 Å². The lowest BCUT2D eigenvalue weighted by Crippen LogP contribution is -2.25. The van der Waals surface area contributed by atoms with Crippen LogP contribution in [0.25, 0.3) is 0 Å². The van der Waals surface area contributed by atoms with Gasteiger partial charge in [0.25, 0.3) is 0 Å². The molecule has 0 aromatic carbocycles. The molecular weight excluding hydrogens is 210 g/mol. The summed E-state index contributed by atoms with van der Waals surface area (Å²) in [6, 6.07) is 0. The van der Waals surface area contributed by atoms with Crippen LogP contribution in [0.4, 0.5) is 0 Å². The molecule has 2 N–H and O–H groups in total. The predicted octanol–water partition coefficient (Wildman–Crippen LogP) is 1.65. The lowest BCUT2D eigenvalue weighted by atomic mass is 10.2. The monoisotopic (exact) mass is 233 g/mol. The van der Waals surface area contributed by atoms with E-state index in [9.17, 15) is 0 Å². The molecule has 0 amide bonds. The summed E-state index contributed by atoms with van der Waals surface area (Å²) in [5.74, 6) is 1.13. The van der Waals surface area contributed by atoms with Gasteiger partial charge < -0.3 is 15.2 Å². The van der Waals surface area contributed by atoms with Gasteiger partial charge >= 0.3 is 0 Å². The summed E-state index contributed by atoms with van der Waals surface area (Å²) >= 11 is 2.00. The van der Waals surface area contributed by atoms with Crippen molar-refractivity contribution < 1.29 is 9.47 Å². The lowest BCUT2D eigenvalue weighted by Gasteiger charge is -2.17. The zero-order chi connectivity index (χ0) is 11.1. The van der Waals surface area contributed by atoms with Crippen molar-refractivity contribution in [2.75, 3.05) is 25.5 Å². The molecule has 3 atom stereocenters. The van der Waals surface area contributed by atoms with Crippen LogP contribution in [0, 0.1) is 0 Å². The van der Waals surface area contributed by atoms with Crippen molar-refractivity contribution in [2.24, 2.45) is 5.73 Å². The summed E-state index contributed by atoms with van der Waals surface area (Å²) in [5.41, 5.74) is 5.62. The highest BCUT2D eigenvalue weighted by Crippen LogP contribution is 2.26. The Kier molecular flexibility index (Phi) is 6.64. The van der Waals surface area contributed by atoms with Crippen LogP contribution in [0.2, 0.25) is 0 Å². The van der Waals surface area contributed by atoms with Crippen molar-refractivity contribution >= 4 is 11.8 Å². The number of hydrogen-bond acceptors (Lipinski definition) is 4. The van der Waals surface area contributed by atoms with E-state index in [4.69, 9.17) is 15.2 Å². The lowest BCUT2D eigenvalue weighted by molar-refractivity contribution is 0.0673. The molecule has 1 aliphatic rings. The molecule has 0 aromatic heterocycles. The summed E-state index contributed by atoms with van der Waals surface area (Å²) in [6.45, 7) is 6.49. The van der Waals surface area contributed by atoms with Crippen LogP contribution in [-0.2, 0) is 9.47 Å². The Hall–Kier alpha value is 0.230. The average Bonchev–Trinajstić information content (AvgIpc) is 2.63. The van der Waals surface area contributed by atoms with Gasteiger partial charge in [-0.2, -0.15) is 11.8 Å². The molecule has 1 heterocycles. The second-order valence-corrected chi connectivity index (χ2v) is 5.22. The SMILES string of the molecule is CCOC(CN)CCSC1CCOC1C. The highest BCUT2D eigenvalue weighted by Gasteiger charge is 2.24. The zero-order valence-electron chi connectivity index (χ0n) is 9.78. The third-order valence-electron chi connectivity index (χ3n) is 2.74. The first-order chi connectivity index (χ1) is 7.27. The van der Waals surface area contributed by atoms with Gasteiger partial charge in [-0.3, -0.25) is 0 Å². The molecule has 1 fully saturated rings. The molecule has 3 unspecified atom stereocenters. The summed E-state index contributed by atoms with van der Waals surface area (Å²) in [6.07, 6.45) is 2.89. The van der Waals surface area contributed by atoms with Crippen molar-refractivity contribution in [3.63, 3.8) is 0 Å². The number of ether oxygens (including phenoxy) is 2. The predicted molar refractivity (Wildman–Crippen MR) is 65.4 cm³/mol. The molecule has 90 valence electrons. The molecule has 15 heavy (non-hydrogen) atoms. The van der Waals surface area contributed by atoms with Crippen molar-refractivity contribution in [1.82, 2.24) is 0 Å². The summed E-state index contributed by atoms with van der Waals surface area (Å²) in [7, 11) is 0. The Balaban J connectivity index is 2.08. The molecular formula is C11H23NO2S. The van der Waals surface area contributed by atoms with Gasteiger partial charge in [-0.05, 0) is 32.4 Å². The van der Waals surface area contributed by atoms with Crippen LogP contribution >= 0.6 is 11.8 Å². The van der Waals surface area contributed by atoms with Crippen LogP contribution in [-0.4, -0.2) is 43.0 Å². The number of thioether (sulfide) groups is 1. The number of rotatable bonds is 7. The van der Waals surface area contributed by atoms with Crippen molar-refractivity contribution in [3.8, 4) is 0 Å². The first-order valence-electron chi connectivity index (χ1n) is 5.82. The van der Waals surface area contributed by atoms with Gasteiger partial charge in [0, 0.05) is 25.0 Å². The summed E-state index contributed by atoms with van der Waals surface area (Å²) in [5, 5.41) is 0.671. The topological polar surface area (TPSA) is 44.5 Å². The number of nitrogens with two attached hydrogens (primary N) is 1. The Morgan fingerprint density at radius 1 is 1.60 bits per heavy atom. The standard InChI is InChI=1S/C11H23NO2S/c1-3-13-10(8-12)5-7-15-11-4-6-14-9(11)2/h9-11H,3-8,12H2,1-2H3. The maximum Gasteiger partial charge on any atom is 0.0705 e. The third kappa shape index (κ3) is 4.72. The first-order valence-corrected chi connectivity index (χ1v) is 6.87. The van der Waals surface area contributed by atoms with E-state index < -0.39 is 0 Å². The Bertz CT molecular complexity index is 169. The fourth-order valence-corrected chi connectivity index (χ4v) is 3.10. The molecule has 0 saturated carbocycles. The van der Waals surface area contributed by atoms with Crippen LogP contribution in [0.15, 0.2) is 0 Å². The van der Waals surface area contributed by atoms with Crippen LogP contribution in [0.3, 0.4) is 0 Å². The Labute approximate surface area is 97.1 Å². The van der Waals surface area contributed by atoms with Gasteiger partial charge in [-0.1, -0.05) is 0 Å². The molecule has 1 rings (SSSR count). The maximum absolute atomic E-state index is 5.62. The van der Waals surface area contributed by atoms with E-state index >= 15 is 0 Å². The minimum absolute atomic E-state index is 0.236. The fourth-order valence-electron chi connectivity index (χ4n) is 1.79. The van der Waals surface area contributed by atoms with Gasteiger partial charge in [0.05, 0.1) is 12.2 Å². The van der Waals surface area contributed by atoms with Gasteiger partial charge in [-0.15, -0.1) is 0 Å². The minimum atomic E-state index is 0.236. The smallest absolute Gasteiger partial charge is 0.0705 e. The second-order valence-electron chi connectivity index (χ2n) is 3.88. The molecule has 0 aliphatic carbocycles. The zero-order valence-corrected chi connectivity index (χ0v) is 10.6. The third-order valence-corrected chi connectivity index (χ3v) is 4.26. The van der Waals surface area contributed by atoms with E-state index in [1.807, 2.05) is 18.7 Å². The van der Waals surface area contributed by atoms with Crippen molar-refractivity contribution in [3.05, 3.63) is 0 Å². The van der Waals surface area contributed by atoms with E-state index in [0.717, 1.165) is 25.4 Å². The molecule has 3 nitrogen and oxygen atoms in total. The summed E-state index contributed by atoms with van der Waals surface area (Å²) < 4.78 is 11.0. The van der Waals surface area contributed by atoms with Gasteiger partial charge in [0.15, 0.2) is 0 Å². The molecule has 0 bridgehead atoms. The van der Waals surface area contributed by atoms with Crippen LogP contribution < -0.4 is 5.73 Å². The molecule has 0 spiro atoms. The number of hydrogen-bond donors (Lipinski definition) is 1. The first kappa shape index (κ1) is 13.3. The normalized spacial score (nSPS) is 28.2. The highest BCUT2D eigenvalue weighted by molar-refractivity contribution is 7.99. The molecule has 1 saturated heterocycles. The molecule has 1 aliphatic heterocycles. The highest BCUT2D eigenvalue weighted by atomic mass is 32.2. The van der Waals surface area contributed by atoms with E-state index in [1.165, 1.54) is 6.42 Å². The second kappa shape index (κ2) is 7.49. The molecule has 4 heteroatoms. The molecule has 0 radical (unpaired) electrons. The fraction of sp³-hybridized carbons (Fsp3) is 1.00. The summed E-state index contributed by atoms with van der Waals surface area (Å²) in [4.78, 5) is 0. The quantitative estimate of drug-likeness (QED) is 0.726. The van der Waals surface area contributed by atoms with Gasteiger partial charge in [0.2, 0.25) is 0 Å². The minimum Gasteiger partial charge on any atom is -0.377 e. The van der Waals surface area contributed by atoms with Crippen molar-refractivity contribution in [1.29, 1.82) is 0 Å². The van der Waals surface area contributed by atoms with Crippen molar-refractivity contribution in [2.45, 2.75) is 44.1 Å². The van der Waals surface area contributed by atoms with E-state index in [-0.39, 0.29) is 6.10 Å². The van der Waals surface area contributed by atoms with E-state index in [1.54, 1.807) is 0 Å². The maximum atomic E-state index is 5.62. The Morgan fingerprint density at radius 3 is 2.93 bits per heavy atom. The van der Waals surface area contributed by atoms with Gasteiger partial charge in [-0.25, -0.2) is 0 Å². The van der Waals surface area contributed by atoms with E-state index in [2.05, 4.69) is 6.92 Å². The van der Waals surface area contributed by atoms with E-state index in [0.29, 0.717) is 17.9 Å².